The molecule has 1 aliphatic rings. The summed E-state index contributed by atoms with van der Waals surface area (Å²) in [5.41, 5.74) is 0.592. The molecule has 0 nitrogen and oxygen atoms in total. The van der Waals surface area contributed by atoms with Gasteiger partial charge < -0.3 is 0 Å². The zero-order chi connectivity index (χ0) is 9.86. The van der Waals surface area contributed by atoms with Gasteiger partial charge in [-0.1, -0.05) is 34.8 Å². The molecular formula is C11H15BrS2. The van der Waals surface area contributed by atoms with E-state index in [1.165, 1.54) is 41.0 Å². The summed E-state index contributed by atoms with van der Waals surface area (Å²) in [7, 11) is 0. The fourth-order valence-corrected chi connectivity index (χ4v) is 5.11. The van der Waals surface area contributed by atoms with Crippen LogP contribution >= 0.6 is 39.0 Å². The molecule has 1 aliphatic carbocycles. The van der Waals surface area contributed by atoms with E-state index in [-0.39, 0.29) is 0 Å². The lowest BCUT2D eigenvalue weighted by atomic mass is 9.92. The van der Waals surface area contributed by atoms with E-state index in [1.54, 1.807) is 0 Å². The van der Waals surface area contributed by atoms with E-state index in [9.17, 15) is 0 Å². The molecule has 0 radical (unpaired) electrons. The number of hydrogen-bond acceptors (Lipinski definition) is 2. The van der Waals surface area contributed by atoms with Crippen molar-refractivity contribution in [2.24, 2.45) is 5.41 Å². The Morgan fingerprint density at radius 1 is 1.43 bits per heavy atom. The van der Waals surface area contributed by atoms with Crippen molar-refractivity contribution in [2.75, 3.05) is 11.1 Å². The number of alkyl halides is 1. The highest BCUT2D eigenvalue weighted by Crippen LogP contribution is 2.43. The first-order valence-electron chi connectivity index (χ1n) is 5.07. The van der Waals surface area contributed by atoms with Gasteiger partial charge >= 0.3 is 0 Å². The molecule has 78 valence electrons. The molecule has 1 aromatic heterocycles. The van der Waals surface area contributed by atoms with Gasteiger partial charge in [0.1, 0.15) is 0 Å². The smallest absolute Gasteiger partial charge is 0.0598 e. The second-order valence-corrected chi connectivity index (χ2v) is 6.85. The molecule has 0 amide bonds. The molecule has 1 fully saturated rings. The van der Waals surface area contributed by atoms with Crippen molar-refractivity contribution in [3.8, 4) is 0 Å². The Morgan fingerprint density at radius 3 is 2.79 bits per heavy atom. The minimum Gasteiger partial charge on any atom is -0.137 e. The van der Waals surface area contributed by atoms with Crippen molar-refractivity contribution in [3.63, 3.8) is 0 Å². The van der Waals surface area contributed by atoms with Gasteiger partial charge in [0.15, 0.2) is 0 Å². The van der Waals surface area contributed by atoms with Gasteiger partial charge in [-0.25, -0.2) is 0 Å². The molecule has 0 spiro atoms. The third-order valence-corrected chi connectivity index (χ3v) is 6.63. The summed E-state index contributed by atoms with van der Waals surface area (Å²) in [5.74, 6) is 1.29. The van der Waals surface area contributed by atoms with Gasteiger partial charge in [0.2, 0.25) is 0 Å². The normalized spacial score (nSPS) is 20.1. The van der Waals surface area contributed by atoms with Crippen LogP contribution in [-0.4, -0.2) is 11.1 Å². The molecular weight excluding hydrogens is 276 g/mol. The standard InChI is InChI=1S/C11H15BrS2/c12-8-11(5-1-2-6-11)9-14-10-4-3-7-13-10/h3-4,7H,1-2,5-6,8-9H2. The average molecular weight is 291 g/mol. The van der Waals surface area contributed by atoms with Crippen LogP contribution in [0.25, 0.3) is 0 Å². The van der Waals surface area contributed by atoms with Crippen LogP contribution in [0.3, 0.4) is 0 Å². The number of hydrogen-bond donors (Lipinski definition) is 0. The maximum absolute atomic E-state index is 3.69. The predicted octanol–water partition coefficient (Wildman–Crippen LogP) is 4.80. The van der Waals surface area contributed by atoms with Crippen molar-refractivity contribution in [1.82, 2.24) is 0 Å². The highest BCUT2D eigenvalue weighted by molar-refractivity contribution is 9.09. The molecule has 0 unspecified atom stereocenters. The molecule has 0 bridgehead atoms. The largest absolute Gasteiger partial charge is 0.137 e. The van der Waals surface area contributed by atoms with Crippen molar-refractivity contribution >= 4 is 39.0 Å². The van der Waals surface area contributed by atoms with E-state index in [2.05, 4.69) is 33.4 Å². The van der Waals surface area contributed by atoms with Gasteiger partial charge in [-0.15, -0.1) is 23.1 Å². The summed E-state index contributed by atoms with van der Waals surface area (Å²) >= 11 is 7.59. The maximum atomic E-state index is 3.69. The van der Waals surface area contributed by atoms with E-state index >= 15 is 0 Å². The van der Waals surface area contributed by atoms with Crippen molar-refractivity contribution in [1.29, 1.82) is 0 Å². The topological polar surface area (TPSA) is 0 Å². The van der Waals surface area contributed by atoms with Gasteiger partial charge in [-0.05, 0) is 29.7 Å². The SMILES string of the molecule is BrCC1(CSc2cccs2)CCCC1. The van der Waals surface area contributed by atoms with Crippen LogP contribution in [0.5, 0.6) is 0 Å². The zero-order valence-corrected chi connectivity index (χ0v) is 11.4. The third-order valence-electron chi connectivity index (χ3n) is 2.96. The van der Waals surface area contributed by atoms with Gasteiger partial charge in [-0.2, -0.15) is 0 Å². The van der Waals surface area contributed by atoms with Gasteiger partial charge in [0.05, 0.1) is 4.21 Å². The molecule has 0 atom stereocenters. The number of thioether (sulfide) groups is 1. The molecule has 2 rings (SSSR count). The zero-order valence-electron chi connectivity index (χ0n) is 8.17. The Balaban J connectivity index is 1.89. The monoisotopic (exact) mass is 290 g/mol. The first-order valence-corrected chi connectivity index (χ1v) is 8.06. The molecule has 1 saturated carbocycles. The lowest BCUT2D eigenvalue weighted by molar-refractivity contribution is 0.405. The fourth-order valence-electron chi connectivity index (χ4n) is 2.01. The molecule has 0 aromatic carbocycles. The first kappa shape index (κ1) is 11.0. The molecule has 3 heteroatoms. The highest BCUT2D eigenvalue weighted by atomic mass is 79.9. The summed E-state index contributed by atoms with van der Waals surface area (Å²) in [5, 5.41) is 3.34. The van der Waals surface area contributed by atoms with Crippen LogP contribution in [-0.2, 0) is 0 Å². The summed E-state index contributed by atoms with van der Waals surface area (Å²) in [6.45, 7) is 0. The van der Waals surface area contributed by atoms with Crippen LogP contribution in [0.15, 0.2) is 21.7 Å². The Kier molecular flexibility index (Phi) is 3.97. The Labute approximate surface area is 103 Å². The quantitative estimate of drug-likeness (QED) is 0.567. The van der Waals surface area contributed by atoms with Gasteiger partial charge in [0, 0.05) is 11.1 Å². The van der Waals surface area contributed by atoms with Crippen molar-refractivity contribution in [2.45, 2.75) is 29.9 Å². The predicted molar refractivity (Wildman–Crippen MR) is 69.7 cm³/mol. The van der Waals surface area contributed by atoms with Crippen molar-refractivity contribution < 1.29 is 0 Å². The summed E-state index contributed by atoms with van der Waals surface area (Å²) in [4.78, 5) is 0. The number of halogens is 1. The van der Waals surface area contributed by atoms with Crippen LogP contribution in [0.4, 0.5) is 0 Å². The Hall–Kier alpha value is 0.530. The summed E-state index contributed by atoms with van der Waals surface area (Å²) in [6.07, 6.45) is 5.68. The van der Waals surface area contributed by atoms with E-state index in [4.69, 9.17) is 0 Å². The van der Waals surface area contributed by atoms with E-state index < -0.39 is 0 Å². The third kappa shape index (κ3) is 2.56. The summed E-state index contributed by atoms with van der Waals surface area (Å²) < 4.78 is 1.47. The fraction of sp³-hybridized carbons (Fsp3) is 0.636. The van der Waals surface area contributed by atoms with Crippen LogP contribution in [0, 0.1) is 5.41 Å². The molecule has 0 saturated heterocycles. The highest BCUT2D eigenvalue weighted by Gasteiger charge is 2.32. The van der Waals surface area contributed by atoms with Crippen molar-refractivity contribution in [3.05, 3.63) is 17.5 Å². The van der Waals surface area contributed by atoms with Crippen LogP contribution in [0.1, 0.15) is 25.7 Å². The second-order valence-electron chi connectivity index (χ2n) is 4.06. The minimum absolute atomic E-state index is 0.592. The Bertz CT molecular complexity index is 263. The van der Waals surface area contributed by atoms with Gasteiger partial charge in [-0.3, -0.25) is 0 Å². The lowest BCUT2D eigenvalue weighted by Gasteiger charge is -2.25. The second kappa shape index (κ2) is 5.04. The molecule has 14 heavy (non-hydrogen) atoms. The molecule has 1 heterocycles. The maximum Gasteiger partial charge on any atom is 0.0598 e. The Morgan fingerprint density at radius 2 is 2.21 bits per heavy atom. The minimum atomic E-state index is 0.592. The number of thiophene rings is 1. The molecule has 1 aromatic rings. The molecule has 0 N–H and O–H groups in total. The summed E-state index contributed by atoms with van der Waals surface area (Å²) in [6, 6.07) is 4.37. The van der Waals surface area contributed by atoms with E-state index in [1.807, 2.05) is 23.1 Å². The van der Waals surface area contributed by atoms with Crippen LogP contribution in [0.2, 0.25) is 0 Å². The van der Waals surface area contributed by atoms with Gasteiger partial charge in [0.25, 0.3) is 0 Å². The molecule has 0 aliphatic heterocycles. The van der Waals surface area contributed by atoms with Crippen LogP contribution < -0.4 is 0 Å². The first-order chi connectivity index (χ1) is 6.85. The van der Waals surface area contributed by atoms with E-state index in [0.29, 0.717) is 5.41 Å². The number of rotatable bonds is 4. The van der Waals surface area contributed by atoms with E-state index in [0.717, 1.165) is 0 Å². The average Bonchev–Trinajstić information content (AvgIpc) is 2.87. The lowest BCUT2D eigenvalue weighted by Crippen LogP contribution is -2.21.